The molecule has 1 N–H and O–H groups in total. The number of allylic oxidation sites excluding steroid dienone is 1. The fourth-order valence-electron chi connectivity index (χ4n) is 2.91. The van der Waals surface area contributed by atoms with Crippen LogP contribution in [-0.4, -0.2) is 30.7 Å². The van der Waals surface area contributed by atoms with Gasteiger partial charge in [-0.2, -0.15) is 0 Å². The van der Waals surface area contributed by atoms with Crippen molar-refractivity contribution < 1.29 is 19.1 Å². The summed E-state index contributed by atoms with van der Waals surface area (Å²) in [4.78, 5) is 37.7. The molecule has 5 nitrogen and oxygen atoms in total. The topological polar surface area (TPSA) is 72.5 Å². The molecule has 0 unspecified atom stereocenters. The Morgan fingerprint density at radius 2 is 1.48 bits per heavy atom. The van der Waals surface area contributed by atoms with Gasteiger partial charge in [-0.05, 0) is 23.8 Å². The van der Waals surface area contributed by atoms with Crippen LogP contribution in [0.5, 0.6) is 0 Å². The summed E-state index contributed by atoms with van der Waals surface area (Å²) in [5, 5.41) is 4.64. The molecule has 0 heterocycles. The zero-order valence-corrected chi connectivity index (χ0v) is 16.1. The molecule has 0 saturated heterocycles. The largest absolute Gasteiger partial charge is 0.465 e. The zero-order valence-electron chi connectivity index (χ0n) is 16.1. The van der Waals surface area contributed by atoms with Gasteiger partial charge in [0.1, 0.15) is 6.54 Å². The second kappa shape index (κ2) is 9.46. The standard InChI is InChI=1S/C24H21NO4/c1-2-29-22(26)16-25-15-21(23(27)18-9-4-3-5-10-18)24(28)20-13-12-17-8-6-7-11-19(17)14-20/h3-15,25H,2,16H2,1H3/b21-15-. The maximum Gasteiger partial charge on any atom is 0.325 e. The Bertz CT molecular complexity index is 1070. The van der Waals surface area contributed by atoms with Crippen LogP contribution in [0.15, 0.2) is 84.6 Å². The third-order valence-corrected chi connectivity index (χ3v) is 4.34. The van der Waals surface area contributed by atoms with E-state index < -0.39 is 17.5 Å². The van der Waals surface area contributed by atoms with Gasteiger partial charge in [0.25, 0.3) is 0 Å². The van der Waals surface area contributed by atoms with Crippen molar-refractivity contribution >= 4 is 28.3 Å². The average molecular weight is 387 g/mol. The van der Waals surface area contributed by atoms with Crippen LogP contribution in [-0.2, 0) is 9.53 Å². The van der Waals surface area contributed by atoms with Gasteiger partial charge in [0.15, 0.2) is 11.6 Å². The fourth-order valence-corrected chi connectivity index (χ4v) is 2.91. The highest BCUT2D eigenvalue weighted by Crippen LogP contribution is 2.19. The number of benzene rings is 3. The highest BCUT2D eigenvalue weighted by molar-refractivity contribution is 6.31. The summed E-state index contributed by atoms with van der Waals surface area (Å²) in [6, 6.07) is 21.5. The Morgan fingerprint density at radius 3 is 2.21 bits per heavy atom. The average Bonchev–Trinajstić information content (AvgIpc) is 2.76. The lowest BCUT2D eigenvalue weighted by atomic mass is 9.95. The van der Waals surface area contributed by atoms with Crippen molar-refractivity contribution in [1.29, 1.82) is 0 Å². The van der Waals surface area contributed by atoms with Gasteiger partial charge in [0.05, 0.1) is 12.2 Å². The van der Waals surface area contributed by atoms with Crippen molar-refractivity contribution in [3.8, 4) is 0 Å². The molecule has 0 radical (unpaired) electrons. The summed E-state index contributed by atoms with van der Waals surface area (Å²) < 4.78 is 4.86. The summed E-state index contributed by atoms with van der Waals surface area (Å²) >= 11 is 0. The van der Waals surface area contributed by atoms with E-state index in [0.717, 1.165) is 10.8 Å². The number of ether oxygens (including phenoxy) is 1. The number of carbonyl (C=O) groups is 3. The summed E-state index contributed by atoms with van der Waals surface area (Å²) in [6.45, 7) is 1.84. The van der Waals surface area contributed by atoms with Crippen LogP contribution in [0.4, 0.5) is 0 Å². The Balaban J connectivity index is 1.93. The van der Waals surface area contributed by atoms with Crippen LogP contribution in [0.3, 0.4) is 0 Å². The smallest absolute Gasteiger partial charge is 0.325 e. The molecule has 0 aliphatic rings. The van der Waals surface area contributed by atoms with Crippen LogP contribution >= 0.6 is 0 Å². The molecule has 0 aliphatic carbocycles. The number of hydrogen-bond acceptors (Lipinski definition) is 5. The summed E-state index contributed by atoms with van der Waals surface area (Å²) in [5.74, 6) is -1.30. The third kappa shape index (κ3) is 4.96. The second-order valence-corrected chi connectivity index (χ2v) is 6.33. The molecule has 0 aliphatic heterocycles. The normalized spacial score (nSPS) is 11.1. The lowest BCUT2D eigenvalue weighted by Gasteiger charge is -2.09. The van der Waals surface area contributed by atoms with Crippen LogP contribution in [0.1, 0.15) is 27.6 Å². The zero-order chi connectivity index (χ0) is 20.6. The second-order valence-electron chi connectivity index (χ2n) is 6.33. The van der Waals surface area contributed by atoms with Crippen molar-refractivity contribution in [3.63, 3.8) is 0 Å². The molecule has 0 aromatic heterocycles. The van der Waals surface area contributed by atoms with Crippen LogP contribution < -0.4 is 5.32 Å². The van der Waals surface area contributed by atoms with Gasteiger partial charge in [-0.25, -0.2) is 0 Å². The van der Waals surface area contributed by atoms with Crippen LogP contribution in [0, 0.1) is 0 Å². The van der Waals surface area contributed by atoms with Gasteiger partial charge in [-0.15, -0.1) is 0 Å². The number of Topliss-reactive ketones (excluding diaryl/α,β-unsaturated/α-hetero) is 2. The number of hydrogen-bond donors (Lipinski definition) is 1. The van der Waals surface area contributed by atoms with Gasteiger partial charge < -0.3 is 10.1 Å². The maximum atomic E-state index is 13.2. The first-order valence-corrected chi connectivity index (χ1v) is 9.32. The number of nitrogens with one attached hydrogen (secondary N) is 1. The first-order chi connectivity index (χ1) is 14.1. The number of ketones is 2. The van der Waals surface area contributed by atoms with Gasteiger partial charge in [0, 0.05) is 17.3 Å². The van der Waals surface area contributed by atoms with Gasteiger partial charge in [0.2, 0.25) is 0 Å². The molecule has 3 aromatic carbocycles. The quantitative estimate of drug-likeness (QED) is 0.208. The van der Waals surface area contributed by atoms with E-state index in [1.807, 2.05) is 30.3 Å². The van der Waals surface area contributed by atoms with E-state index in [-0.39, 0.29) is 18.7 Å². The monoisotopic (exact) mass is 387 g/mol. The predicted octanol–water partition coefficient (Wildman–Crippen LogP) is 3.94. The Morgan fingerprint density at radius 1 is 0.828 bits per heavy atom. The van der Waals surface area contributed by atoms with E-state index in [1.165, 1.54) is 6.20 Å². The molecule has 0 bridgehead atoms. The predicted molar refractivity (Wildman–Crippen MR) is 112 cm³/mol. The molecular formula is C24H21NO4. The molecule has 29 heavy (non-hydrogen) atoms. The van der Waals surface area contributed by atoms with Gasteiger partial charge in [-0.3, -0.25) is 14.4 Å². The van der Waals surface area contributed by atoms with E-state index >= 15 is 0 Å². The molecule has 0 saturated carbocycles. The van der Waals surface area contributed by atoms with Crippen molar-refractivity contribution in [2.45, 2.75) is 6.92 Å². The number of rotatable bonds is 8. The van der Waals surface area contributed by atoms with Crippen molar-refractivity contribution in [2.75, 3.05) is 13.2 Å². The maximum absolute atomic E-state index is 13.2. The van der Waals surface area contributed by atoms with Gasteiger partial charge in [-0.1, -0.05) is 66.7 Å². The fraction of sp³-hybridized carbons (Fsp3) is 0.125. The third-order valence-electron chi connectivity index (χ3n) is 4.34. The molecule has 3 rings (SSSR count). The highest BCUT2D eigenvalue weighted by atomic mass is 16.5. The number of fused-ring (bicyclic) bond motifs is 1. The molecule has 3 aromatic rings. The van der Waals surface area contributed by atoms with E-state index in [2.05, 4.69) is 5.32 Å². The molecular weight excluding hydrogens is 366 g/mol. The summed E-state index contributed by atoms with van der Waals surface area (Å²) in [7, 11) is 0. The van der Waals surface area contributed by atoms with Crippen molar-refractivity contribution in [2.24, 2.45) is 0 Å². The molecule has 5 heteroatoms. The Hall–Kier alpha value is -3.73. The molecule has 0 amide bonds. The van der Waals surface area contributed by atoms with Crippen LogP contribution in [0.25, 0.3) is 10.8 Å². The van der Waals surface area contributed by atoms with E-state index in [4.69, 9.17) is 4.74 Å². The SMILES string of the molecule is CCOC(=O)CN/C=C(/C(=O)c1ccccc1)C(=O)c1ccc2ccccc2c1. The minimum Gasteiger partial charge on any atom is -0.465 e. The molecule has 0 fully saturated rings. The van der Waals surface area contributed by atoms with Crippen molar-refractivity contribution in [3.05, 3.63) is 95.7 Å². The molecule has 146 valence electrons. The Kier molecular flexibility index (Phi) is 6.53. The lowest BCUT2D eigenvalue weighted by Crippen LogP contribution is -2.23. The minimum atomic E-state index is -0.464. The first-order valence-electron chi connectivity index (χ1n) is 9.32. The van der Waals surface area contributed by atoms with E-state index in [0.29, 0.717) is 11.1 Å². The first kappa shape index (κ1) is 20.0. The summed E-state index contributed by atoms with van der Waals surface area (Å²) in [5.41, 5.74) is 0.749. The van der Waals surface area contributed by atoms with Crippen molar-refractivity contribution in [1.82, 2.24) is 5.32 Å². The number of carbonyl (C=O) groups excluding carboxylic acids is 3. The summed E-state index contributed by atoms with van der Waals surface area (Å²) in [6.07, 6.45) is 1.30. The lowest BCUT2D eigenvalue weighted by molar-refractivity contribution is -0.141. The van der Waals surface area contributed by atoms with E-state index in [1.54, 1.807) is 49.4 Å². The Labute approximate surface area is 169 Å². The van der Waals surface area contributed by atoms with Crippen LogP contribution in [0.2, 0.25) is 0 Å². The minimum absolute atomic E-state index is 0.0456. The van der Waals surface area contributed by atoms with E-state index in [9.17, 15) is 14.4 Å². The number of esters is 1. The molecule has 0 spiro atoms. The highest BCUT2D eigenvalue weighted by Gasteiger charge is 2.21. The van der Waals surface area contributed by atoms with Gasteiger partial charge >= 0.3 is 5.97 Å². The molecule has 0 atom stereocenters.